The molecule has 0 aliphatic carbocycles. The standard InChI is InChI=1S/C19H22N2O4/c22-19(15-6-2-1-3-7-15)12-17-14-25-11-10-20(17)13-16-8-4-5-9-18(16)21(23)24/h1-9,17,19,22H,10-14H2/t17-,19+/m0/s1. The first-order valence-corrected chi connectivity index (χ1v) is 8.42. The molecule has 1 aliphatic rings. The molecular formula is C19H22N2O4. The monoisotopic (exact) mass is 342 g/mol. The van der Waals surface area contributed by atoms with Gasteiger partial charge in [0.25, 0.3) is 5.69 Å². The highest BCUT2D eigenvalue weighted by atomic mass is 16.6. The van der Waals surface area contributed by atoms with E-state index in [1.54, 1.807) is 12.1 Å². The van der Waals surface area contributed by atoms with Crippen molar-refractivity contribution in [2.24, 2.45) is 0 Å². The van der Waals surface area contributed by atoms with Gasteiger partial charge in [0, 0.05) is 30.8 Å². The number of hydrogen-bond acceptors (Lipinski definition) is 5. The molecule has 6 heteroatoms. The van der Waals surface area contributed by atoms with E-state index in [2.05, 4.69) is 4.90 Å². The molecule has 2 atom stereocenters. The van der Waals surface area contributed by atoms with Gasteiger partial charge in [-0.25, -0.2) is 0 Å². The Morgan fingerprint density at radius 1 is 1.20 bits per heavy atom. The van der Waals surface area contributed by atoms with Crippen molar-refractivity contribution in [3.8, 4) is 0 Å². The number of morpholine rings is 1. The van der Waals surface area contributed by atoms with Gasteiger partial charge in [0.1, 0.15) is 0 Å². The Hall–Kier alpha value is -2.28. The van der Waals surface area contributed by atoms with E-state index in [0.29, 0.717) is 38.3 Å². The van der Waals surface area contributed by atoms with Crippen molar-refractivity contribution in [3.63, 3.8) is 0 Å². The molecule has 0 saturated carbocycles. The van der Waals surface area contributed by atoms with Crippen LogP contribution < -0.4 is 0 Å². The second kappa shape index (κ2) is 8.20. The number of ether oxygens (including phenoxy) is 1. The van der Waals surface area contributed by atoms with Crippen molar-refractivity contribution < 1.29 is 14.8 Å². The van der Waals surface area contributed by atoms with E-state index in [9.17, 15) is 15.2 Å². The lowest BCUT2D eigenvalue weighted by molar-refractivity contribution is -0.385. The molecule has 25 heavy (non-hydrogen) atoms. The number of aliphatic hydroxyl groups is 1. The van der Waals surface area contributed by atoms with Crippen LogP contribution in [0.15, 0.2) is 54.6 Å². The van der Waals surface area contributed by atoms with Crippen LogP contribution >= 0.6 is 0 Å². The fourth-order valence-electron chi connectivity index (χ4n) is 3.22. The third kappa shape index (κ3) is 4.42. The summed E-state index contributed by atoms with van der Waals surface area (Å²) in [5, 5.41) is 21.7. The largest absolute Gasteiger partial charge is 0.388 e. The molecule has 0 unspecified atom stereocenters. The first kappa shape index (κ1) is 17.5. The zero-order valence-corrected chi connectivity index (χ0v) is 14.0. The van der Waals surface area contributed by atoms with Gasteiger partial charge in [-0.1, -0.05) is 48.5 Å². The number of hydrogen-bond donors (Lipinski definition) is 1. The smallest absolute Gasteiger partial charge is 0.273 e. The lowest BCUT2D eigenvalue weighted by Gasteiger charge is -2.36. The summed E-state index contributed by atoms with van der Waals surface area (Å²) in [5.74, 6) is 0. The van der Waals surface area contributed by atoms with Gasteiger partial charge in [-0.15, -0.1) is 0 Å². The molecule has 132 valence electrons. The Bertz CT molecular complexity index is 708. The fraction of sp³-hybridized carbons (Fsp3) is 0.368. The first-order chi connectivity index (χ1) is 12.1. The molecule has 0 amide bonds. The van der Waals surface area contributed by atoms with Crippen molar-refractivity contribution in [1.29, 1.82) is 0 Å². The number of benzene rings is 2. The van der Waals surface area contributed by atoms with E-state index < -0.39 is 6.10 Å². The Kier molecular flexibility index (Phi) is 5.75. The molecule has 0 radical (unpaired) electrons. The van der Waals surface area contributed by atoms with Crippen molar-refractivity contribution in [1.82, 2.24) is 4.90 Å². The summed E-state index contributed by atoms with van der Waals surface area (Å²) < 4.78 is 5.58. The summed E-state index contributed by atoms with van der Waals surface area (Å²) in [6.07, 6.45) is -0.0499. The number of nitrogens with zero attached hydrogens (tertiary/aromatic N) is 2. The molecule has 1 aliphatic heterocycles. The molecule has 1 heterocycles. The Labute approximate surface area is 146 Å². The van der Waals surface area contributed by atoms with Crippen molar-refractivity contribution in [2.75, 3.05) is 19.8 Å². The van der Waals surface area contributed by atoms with E-state index in [-0.39, 0.29) is 16.7 Å². The Balaban J connectivity index is 1.72. The van der Waals surface area contributed by atoms with Gasteiger partial charge < -0.3 is 9.84 Å². The van der Waals surface area contributed by atoms with E-state index in [1.807, 2.05) is 36.4 Å². The van der Waals surface area contributed by atoms with Crippen molar-refractivity contribution in [3.05, 3.63) is 75.8 Å². The van der Waals surface area contributed by atoms with Crippen LogP contribution in [0.2, 0.25) is 0 Å². The predicted molar refractivity (Wildman–Crippen MR) is 94.1 cm³/mol. The van der Waals surface area contributed by atoms with E-state index in [1.165, 1.54) is 6.07 Å². The van der Waals surface area contributed by atoms with Crippen molar-refractivity contribution in [2.45, 2.75) is 25.1 Å². The van der Waals surface area contributed by atoms with Crippen LogP contribution in [0, 0.1) is 10.1 Å². The lowest BCUT2D eigenvalue weighted by atomic mass is 10.00. The van der Waals surface area contributed by atoms with Gasteiger partial charge in [0.05, 0.1) is 24.2 Å². The van der Waals surface area contributed by atoms with Gasteiger partial charge in [-0.05, 0) is 12.0 Å². The Morgan fingerprint density at radius 3 is 2.68 bits per heavy atom. The molecule has 0 spiro atoms. The van der Waals surface area contributed by atoms with E-state index in [0.717, 1.165) is 5.56 Å². The molecule has 1 saturated heterocycles. The van der Waals surface area contributed by atoms with Gasteiger partial charge in [-0.3, -0.25) is 15.0 Å². The molecule has 0 aromatic heterocycles. The number of rotatable bonds is 6. The molecule has 3 rings (SSSR count). The minimum Gasteiger partial charge on any atom is -0.388 e. The van der Waals surface area contributed by atoms with E-state index >= 15 is 0 Å². The number of nitro benzene ring substituents is 1. The van der Waals surface area contributed by atoms with Crippen LogP contribution in [0.1, 0.15) is 23.7 Å². The van der Waals surface area contributed by atoms with Gasteiger partial charge in [0.2, 0.25) is 0 Å². The summed E-state index contributed by atoms with van der Waals surface area (Å²) in [7, 11) is 0. The second-order valence-corrected chi connectivity index (χ2v) is 6.25. The third-order valence-corrected chi connectivity index (χ3v) is 4.59. The minimum atomic E-state index is -0.582. The van der Waals surface area contributed by atoms with Crippen LogP contribution in [-0.2, 0) is 11.3 Å². The lowest BCUT2D eigenvalue weighted by Crippen LogP contribution is -2.45. The summed E-state index contributed by atoms with van der Waals surface area (Å²) in [5.41, 5.74) is 1.70. The normalized spacial score (nSPS) is 19.5. The summed E-state index contributed by atoms with van der Waals surface area (Å²) >= 11 is 0. The predicted octanol–water partition coefficient (Wildman–Crippen LogP) is 2.92. The van der Waals surface area contributed by atoms with Crippen LogP contribution in [0.5, 0.6) is 0 Å². The second-order valence-electron chi connectivity index (χ2n) is 6.25. The molecule has 2 aromatic rings. The molecule has 1 fully saturated rings. The molecule has 0 bridgehead atoms. The maximum Gasteiger partial charge on any atom is 0.273 e. The average Bonchev–Trinajstić information content (AvgIpc) is 2.64. The maximum atomic E-state index is 11.2. The van der Waals surface area contributed by atoms with Crippen molar-refractivity contribution >= 4 is 5.69 Å². The topological polar surface area (TPSA) is 75.8 Å². The fourth-order valence-corrected chi connectivity index (χ4v) is 3.22. The number of nitro groups is 1. The summed E-state index contributed by atoms with van der Waals surface area (Å²) in [6.45, 7) is 2.29. The first-order valence-electron chi connectivity index (χ1n) is 8.42. The zero-order valence-electron chi connectivity index (χ0n) is 14.0. The summed E-state index contributed by atoms with van der Waals surface area (Å²) in [6, 6.07) is 16.4. The number of para-hydroxylation sites is 1. The van der Waals surface area contributed by atoms with Crippen LogP contribution in [0.3, 0.4) is 0 Å². The molecule has 1 N–H and O–H groups in total. The minimum absolute atomic E-state index is 0.0174. The van der Waals surface area contributed by atoms with Gasteiger partial charge >= 0.3 is 0 Å². The number of aliphatic hydroxyl groups excluding tert-OH is 1. The van der Waals surface area contributed by atoms with E-state index in [4.69, 9.17) is 4.74 Å². The molecular weight excluding hydrogens is 320 g/mol. The van der Waals surface area contributed by atoms with Gasteiger partial charge in [-0.2, -0.15) is 0 Å². The van der Waals surface area contributed by atoms with Crippen LogP contribution in [0.25, 0.3) is 0 Å². The SMILES string of the molecule is O=[N+]([O-])c1ccccc1CN1CCOC[C@@H]1C[C@@H](O)c1ccccc1. The quantitative estimate of drug-likeness (QED) is 0.645. The highest BCUT2D eigenvalue weighted by Gasteiger charge is 2.27. The highest BCUT2D eigenvalue weighted by Crippen LogP contribution is 2.26. The highest BCUT2D eigenvalue weighted by molar-refractivity contribution is 5.39. The zero-order chi connectivity index (χ0) is 17.6. The van der Waals surface area contributed by atoms with Crippen LogP contribution in [-0.4, -0.2) is 40.7 Å². The summed E-state index contributed by atoms with van der Waals surface area (Å²) in [4.78, 5) is 13.1. The van der Waals surface area contributed by atoms with Crippen LogP contribution in [0.4, 0.5) is 5.69 Å². The Morgan fingerprint density at radius 2 is 1.92 bits per heavy atom. The average molecular weight is 342 g/mol. The maximum absolute atomic E-state index is 11.2. The third-order valence-electron chi connectivity index (χ3n) is 4.59. The molecule has 6 nitrogen and oxygen atoms in total. The molecule has 2 aromatic carbocycles. The van der Waals surface area contributed by atoms with Gasteiger partial charge in [0.15, 0.2) is 0 Å².